The van der Waals surface area contributed by atoms with Crippen LogP contribution in [0.2, 0.25) is 0 Å². The van der Waals surface area contributed by atoms with Gasteiger partial charge >= 0.3 is 0 Å². The van der Waals surface area contributed by atoms with Gasteiger partial charge in [0, 0.05) is 5.92 Å². The van der Waals surface area contributed by atoms with Gasteiger partial charge in [-0.05, 0) is 37.5 Å². The van der Waals surface area contributed by atoms with Crippen molar-refractivity contribution in [3.05, 3.63) is 23.0 Å². The second-order valence-corrected chi connectivity index (χ2v) is 5.38. The Kier molecular flexibility index (Phi) is 4.81. The van der Waals surface area contributed by atoms with Crippen molar-refractivity contribution in [3.63, 3.8) is 0 Å². The van der Waals surface area contributed by atoms with Crippen molar-refractivity contribution < 1.29 is 10.2 Å². The van der Waals surface area contributed by atoms with E-state index in [0.717, 1.165) is 24.0 Å². The summed E-state index contributed by atoms with van der Waals surface area (Å²) in [5, 5.41) is 20.5. The lowest BCUT2D eigenvalue weighted by atomic mass is 9.74. The summed E-state index contributed by atoms with van der Waals surface area (Å²) in [4.78, 5) is 0. The van der Waals surface area contributed by atoms with Crippen molar-refractivity contribution in [2.75, 3.05) is 0 Å². The molecule has 2 atom stereocenters. The molecule has 2 N–H and O–H groups in total. The third-order valence-corrected chi connectivity index (χ3v) is 4.04. The molecule has 0 spiro atoms. The fourth-order valence-corrected chi connectivity index (χ4v) is 2.58. The topological polar surface area (TPSA) is 40.5 Å². The van der Waals surface area contributed by atoms with Crippen LogP contribution in [0.15, 0.2) is 23.0 Å². The third kappa shape index (κ3) is 3.12. The van der Waals surface area contributed by atoms with E-state index in [2.05, 4.69) is 6.92 Å². The molecule has 2 heteroatoms. The highest BCUT2D eigenvalue weighted by Crippen LogP contribution is 2.38. The first-order chi connectivity index (χ1) is 7.92. The van der Waals surface area contributed by atoms with Crippen molar-refractivity contribution in [1.29, 1.82) is 0 Å². The van der Waals surface area contributed by atoms with Crippen LogP contribution in [0.1, 0.15) is 59.8 Å². The van der Waals surface area contributed by atoms with E-state index in [0.29, 0.717) is 5.76 Å². The predicted molar refractivity (Wildman–Crippen MR) is 72.0 cm³/mol. The van der Waals surface area contributed by atoms with E-state index in [9.17, 15) is 10.2 Å². The Labute approximate surface area is 105 Å². The van der Waals surface area contributed by atoms with Crippen LogP contribution in [0.4, 0.5) is 0 Å². The Hall–Kier alpha value is -0.760. The van der Waals surface area contributed by atoms with E-state index in [1.807, 2.05) is 26.8 Å². The number of unbranched alkanes of at least 4 members (excludes halogenated alkanes) is 3. The van der Waals surface area contributed by atoms with Crippen molar-refractivity contribution in [2.45, 2.75) is 65.4 Å². The summed E-state index contributed by atoms with van der Waals surface area (Å²) in [5.41, 5.74) is 0.940. The molecule has 1 aliphatic carbocycles. The minimum atomic E-state index is -0.770. The normalized spacial score (nSPS) is 29.5. The van der Waals surface area contributed by atoms with E-state index >= 15 is 0 Å². The molecule has 1 rings (SSSR count). The Morgan fingerprint density at radius 3 is 2.47 bits per heavy atom. The first-order valence-corrected chi connectivity index (χ1v) is 6.74. The maximum Gasteiger partial charge on any atom is 0.117 e. The average Bonchev–Trinajstić information content (AvgIpc) is 2.30. The molecule has 0 saturated heterocycles. The predicted octanol–water partition coefficient (Wildman–Crippen LogP) is 4.12. The van der Waals surface area contributed by atoms with Crippen molar-refractivity contribution in [1.82, 2.24) is 0 Å². The van der Waals surface area contributed by atoms with Gasteiger partial charge in [0.1, 0.15) is 5.76 Å². The van der Waals surface area contributed by atoms with Crippen LogP contribution in [0.5, 0.6) is 0 Å². The number of allylic oxidation sites excluding steroid dienone is 1. The standard InChI is InChI=1S/C15H26O2/c1-5-6-7-8-9-15(17)10-11(2)14(16)12(3)13(15)4/h10,13,16-17H,5-9H2,1-4H3. The summed E-state index contributed by atoms with van der Waals surface area (Å²) in [6.07, 6.45) is 7.29. The molecule has 0 aromatic rings. The largest absolute Gasteiger partial charge is 0.508 e. The van der Waals surface area contributed by atoms with Crippen LogP contribution in [0.25, 0.3) is 0 Å². The molecule has 1 aliphatic rings. The van der Waals surface area contributed by atoms with Gasteiger partial charge in [-0.3, -0.25) is 0 Å². The lowest BCUT2D eigenvalue weighted by Crippen LogP contribution is -2.38. The zero-order chi connectivity index (χ0) is 13.1. The highest BCUT2D eigenvalue weighted by atomic mass is 16.3. The monoisotopic (exact) mass is 238 g/mol. The number of rotatable bonds is 5. The molecule has 0 fully saturated rings. The lowest BCUT2D eigenvalue weighted by molar-refractivity contribution is 0.0334. The summed E-state index contributed by atoms with van der Waals surface area (Å²) < 4.78 is 0. The van der Waals surface area contributed by atoms with Gasteiger partial charge in [-0.25, -0.2) is 0 Å². The molecule has 2 nitrogen and oxygen atoms in total. The van der Waals surface area contributed by atoms with Crippen molar-refractivity contribution >= 4 is 0 Å². The summed E-state index contributed by atoms with van der Waals surface area (Å²) in [6, 6.07) is 0. The summed E-state index contributed by atoms with van der Waals surface area (Å²) in [5.74, 6) is 0.364. The van der Waals surface area contributed by atoms with E-state index in [1.165, 1.54) is 19.3 Å². The molecule has 2 unspecified atom stereocenters. The SMILES string of the molecule is CCCCCCC1(O)C=C(C)C(O)=C(C)C1C. The molecule has 17 heavy (non-hydrogen) atoms. The molecule has 0 saturated carbocycles. The van der Waals surface area contributed by atoms with Crippen LogP contribution in [-0.4, -0.2) is 15.8 Å². The van der Waals surface area contributed by atoms with E-state index in [-0.39, 0.29) is 5.92 Å². The Morgan fingerprint density at radius 2 is 1.88 bits per heavy atom. The number of aliphatic hydroxyl groups excluding tert-OH is 1. The molecule has 0 aromatic heterocycles. The van der Waals surface area contributed by atoms with E-state index in [4.69, 9.17) is 0 Å². The van der Waals surface area contributed by atoms with Crippen LogP contribution in [-0.2, 0) is 0 Å². The van der Waals surface area contributed by atoms with Gasteiger partial charge in [0.15, 0.2) is 0 Å². The second kappa shape index (κ2) is 5.72. The Bertz CT molecular complexity index is 328. The third-order valence-electron chi connectivity index (χ3n) is 4.04. The molecular formula is C15H26O2. The second-order valence-electron chi connectivity index (χ2n) is 5.38. The summed E-state index contributed by atoms with van der Waals surface area (Å²) in [6.45, 7) is 7.95. The first kappa shape index (κ1) is 14.3. The fourth-order valence-electron chi connectivity index (χ4n) is 2.58. The van der Waals surface area contributed by atoms with Gasteiger partial charge in [0.25, 0.3) is 0 Å². The maximum absolute atomic E-state index is 10.7. The Balaban J connectivity index is 2.70. The zero-order valence-corrected chi connectivity index (χ0v) is 11.6. The number of hydrogen-bond acceptors (Lipinski definition) is 2. The summed E-state index contributed by atoms with van der Waals surface area (Å²) in [7, 11) is 0. The first-order valence-electron chi connectivity index (χ1n) is 6.74. The minimum Gasteiger partial charge on any atom is -0.508 e. The van der Waals surface area contributed by atoms with Crippen molar-refractivity contribution in [2.24, 2.45) is 5.92 Å². The van der Waals surface area contributed by atoms with E-state index < -0.39 is 5.60 Å². The zero-order valence-electron chi connectivity index (χ0n) is 11.6. The molecule has 98 valence electrons. The number of hydrogen-bond donors (Lipinski definition) is 2. The minimum absolute atomic E-state index is 0.00725. The highest BCUT2D eigenvalue weighted by Gasteiger charge is 2.36. The molecule has 0 bridgehead atoms. The lowest BCUT2D eigenvalue weighted by Gasteiger charge is -2.36. The van der Waals surface area contributed by atoms with Gasteiger partial charge < -0.3 is 10.2 Å². The fraction of sp³-hybridized carbons (Fsp3) is 0.733. The Morgan fingerprint density at radius 1 is 1.24 bits per heavy atom. The van der Waals surface area contributed by atoms with Gasteiger partial charge in [0.2, 0.25) is 0 Å². The maximum atomic E-state index is 10.7. The molecular weight excluding hydrogens is 212 g/mol. The highest BCUT2D eigenvalue weighted by molar-refractivity contribution is 5.37. The van der Waals surface area contributed by atoms with Crippen LogP contribution in [0, 0.1) is 5.92 Å². The van der Waals surface area contributed by atoms with Crippen LogP contribution >= 0.6 is 0 Å². The van der Waals surface area contributed by atoms with Gasteiger partial charge in [0.05, 0.1) is 5.60 Å². The molecule has 0 heterocycles. The van der Waals surface area contributed by atoms with Gasteiger partial charge in [-0.1, -0.05) is 39.5 Å². The van der Waals surface area contributed by atoms with Crippen LogP contribution in [0.3, 0.4) is 0 Å². The van der Waals surface area contributed by atoms with E-state index in [1.54, 1.807) is 0 Å². The van der Waals surface area contributed by atoms with Gasteiger partial charge in [-0.2, -0.15) is 0 Å². The number of aliphatic hydroxyl groups is 2. The molecule has 0 amide bonds. The summed E-state index contributed by atoms with van der Waals surface area (Å²) >= 11 is 0. The van der Waals surface area contributed by atoms with Crippen LogP contribution < -0.4 is 0 Å². The molecule has 0 aliphatic heterocycles. The molecule has 0 radical (unpaired) electrons. The van der Waals surface area contributed by atoms with Crippen molar-refractivity contribution in [3.8, 4) is 0 Å². The quantitative estimate of drug-likeness (QED) is 0.707. The van der Waals surface area contributed by atoms with Gasteiger partial charge in [-0.15, -0.1) is 0 Å². The average molecular weight is 238 g/mol. The molecule has 0 aromatic carbocycles. The smallest absolute Gasteiger partial charge is 0.117 e.